The second kappa shape index (κ2) is 19.6. The number of rotatable bonds is 18. The summed E-state index contributed by atoms with van der Waals surface area (Å²) < 4.78 is 8.08. The fraction of sp³-hybridized carbons (Fsp3) is 0.500. The minimum atomic E-state index is -0.255. The number of halogens is 1. The lowest BCUT2D eigenvalue weighted by Gasteiger charge is -2.11. The molecule has 5 nitrogen and oxygen atoms in total. The number of nitrogens with one attached hydrogen (secondary N) is 2. The summed E-state index contributed by atoms with van der Waals surface area (Å²) in [4.78, 5) is 12.6. The molecule has 0 aliphatic heterocycles. The molecule has 0 aliphatic rings. The maximum absolute atomic E-state index is 12.6. The summed E-state index contributed by atoms with van der Waals surface area (Å²) in [5.41, 5.74) is 5.91. The fourth-order valence-electron chi connectivity index (χ4n) is 4.53. The number of anilines is 2. The van der Waals surface area contributed by atoms with Crippen molar-refractivity contribution in [3.05, 3.63) is 70.7 Å². The third-order valence-electron chi connectivity index (χ3n) is 6.86. The number of aromatic nitrogens is 1. The van der Waals surface area contributed by atoms with Crippen molar-refractivity contribution in [1.82, 2.24) is 0 Å². The number of carbonyl (C=O) groups excluding carboxylic acids is 1. The number of unbranched alkanes of at least 4 members (excludes halogenated alkanes) is 11. The van der Waals surface area contributed by atoms with Crippen molar-refractivity contribution < 1.29 is 31.1 Å². The molecule has 0 saturated carbocycles. The number of hydrogen-bond acceptors (Lipinski definition) is 3. The molecule has 7 heteroatoms. The van der Waals surface area contributed by atoms with Gasteiger partial charge in [-0.1, -0.05) is 107 Å². The van der Waals surface area contributed by atoms with Crippen molar-refractivity contribution in [2.24, 2.45) is 0 Å². The maximum atomic E-state index is 12.6. The average Bonchev–Trinajstić information content (AvgIpc) is 3.33. The largest absolute Gasteiger partial charge is 1.00 e. The molecule has 39 heavy (non-hydrogen) atoms. The molecule has 3 rings (SSSR count). The summed E-state index contributed by atoms with van der Waals surface area (Å²) >= 11 is 1.67. The van der Waals surface area contributed by atoms with Crippen molar-refractivity contribution in [2.45, 2.75) is 97.4 Å². The van der Waals surface area contributed by atoms with Crippen molar-refractivity contribution in [3.8, 4) is 5.75 Å². The van der Waals surface area contributed by atoms with E-state index in [-0.39, 0.29) is 23.0 Å². The second-order valence-corrected chi connectivity index (χ2v) is 10.8. The van der Waals surface area contributed by atoms with Crippen LogP contribution in [0.3, 0.4) is 0 Å². The summed E-state index contributed by atoms with van der Waals surface area (Å²) in [7, 11) is 0. The SMILES string of the molecule is CCCCCCCCCCCCCCOc1ccc(NC(=O)Nc2ccccc2C[n+]2cscc2C)cc1.[Br-]. The molecule has 0 radical (unpaired) electrons. The predicted molar refractivity (Wildman–Crippen MR) is 160 cm³/mol. The van der Waals surface area contributed by atoms with Gasteiger partial charge in [-0.25, -0.2) is 4.79 Å². The van der Waals surface area contributed by atoms with E-state index in [0.29, 0.717) is 0 Å². The Balaban J connectivity index is 0.00000533. The van der Waals surface area contributed by atoms with Crippen molar-refractivity contribution in [3.63, 3.8) is 0 Å². The minimum Gasteiger partial charge on any atom is -1.00 e. The molecule has 2 N–H and O–H groups in total. The molecule has 0 atom stereocenters. The molecule has 0 fully saturated rings. The average molecular weight is 617 g/mol. The van der Waals surface area contributed by atoms with E-state index in [4.69, 9.17) is 4.74 Å². The van der Waals surface area contributed by atoms with Crippen LogP contribution in [-0.2, 0) is 6.54 Å². The molecule has 2 aromatic carbocycles. The van der Waals surface area contributed by atoms with Crippen molar-refractivity contribution in [2.75, 3.05) is 17.2 Å². The van der Waals surface area contributed by atoms with Gasteiger partial charge in [-0.3, -0.25) is 0 Å². The molecule has 0 spiro atoms. The van der Waals surface area contributed by atoms with Crippen molar-refractivity contribution >= 4 is 28.7 Å². The third-order valence-corrected chi connectivity index (χ3v) is 7.72. The second-order valence-electron chi connectivity index (χ2n) is 10.1. The van der Waals surface area contributed by atoms with E-state index in [1.165, 1.54) is 76.3 Å². The Morgan fingerprint density at radius 1 is 0.821 bits per heavy atom. The molecule has 3 aromatic rings. The highest BCUT2D eigenvalue weighted by Crippen LogP contribution is 2.19. The van der Waals surface area contributed by atoms with E-state index in [1.54, 1.807) is 11.3 Å². The van der Waals surface area contributed by atoms with Crippen LogP contribution in [0.2, 0.25) is 0 Å². The normalized spacial score (nSPS) is 10.6. The first kappa shape index (κ1) is 32.8. The summed E-state index contributed by atoms with van der Waals surface area (Å²) in [5, 5.41) is 8.04. The van der Waals surface area contributed by atoms with Crippen molar-refractivity contribution in [1.29, 1.82) is 0 Å². The van der Waals surface area contributed by atoms with E-state index in [9.17, 15) is 4.79 Å². The number of ether oxygens (including phenoxy) is 1. The van der Waals surface area contributed by atoms with Crippen LogP contribution in [0.1, 0.15) is 95.2 Å². The number of amides is 2. The minimum absolute atomic E-state index is 0. The van der Waals surface area contributed by atoms with Crippen LogP contribution in [0.15, 0.2) is 59.4 Å². The Hall–Kier alpha value is -2.38. The summed E-state index contributed by atoms with van der Waals surface area (Å²) in [5.74, 6) is 0.840. The standard InChI is InChI=1S/C32H45N3O2S.BrH/c1-3-4-5-6-7-8-9-10-11-12-13-16-23-37-30-21-19-29(20-22-30)33-32(36)34-31-18-15-14-17-28(31)24-35-26-38-25-27(35)2;/h14-15,17-22,25-26H,3-13,16,23-24H2,1-2H3,(H-,33,34,36);1H. The summed E-state index contributed by atoms with van der Waals surface area (Å²) in [6.45, 7) is 5.82. The van der Waals surface area contributed by atoms with Crippen LogP contribution in [0.4, 0.5) is 16.2 Å². The first-order valence-electron chi connectivity index (χ1n) is 14.5. The zero-order valence-electron chi connectivity index (χ0n) is 23.7. The fourth-order valence-corrected chi connectivity index (χ4v) is 5.31. The predicted octanol–water partition coefficient (Wildman–Crippen LogP) is 6.12. The van der Waals surface area contributed by atoms with Gasteiger partial charge in [-0.15, -0.1) is 0 Å². The van der Waals surface area contributed by atoms with E-state index >= 15 is 0 Å². The van der Waals surface area contributed by atoms with Gasteiger partial charge in [-0.2, -0.15) is 4.57 Å². The van der Waals surface area contributed by atoms with Gasteiger partial charge in [-0.05, 0) is 36.8 Å². The molecular weight excluding hydrogens is 570 g/mol. The van der Waals surface area contributed by atoms with Crippen LogP contribution in [-0.4, -0.2) is 12.6 Å². The van der Waals surface area contributed by atoms with E-state index in [0.717, 1.165) is 42.3 Å². The van der Waals surface area contributed by atoms with Gasteiger partial charge >= 0.3 is 6.03 Å². The first-order valence-corrected chi connectivity index (χ1v) is 15.4. The number of para-hydroxylation sites is 1. The molecule has 214 valence electrons. The molecule has 0 saturated heterocycles. The number of thiazole rings is 1. The van der Waals surface area contributed by atoms with Crippen LogP contribution in [0.5, 0.6) is 5.75 Å². The summed E-state index contributed by atoms with van der Waals surface area (Å²) in [6.07, 6.45) is 16.1. The Morgan fingerprint density at radius 3 is 2.05 bits per heavy atom. The molecule has 0 aliphatic carbocycles. The Bertz CT molecular complexity index is 1070. The molecule has 0 bridgehead atoms. The number of urea groups is 1. The highest BCUT2D eigenvalue weighted by Gasteiger charge is 2.13. The lowest BCUT2D eigenvalue weighted by atomic mass is 10.1. The highest BCUT2D eigenvalue weighted by atomic mass is 79.9. The van der Waals surface area contributed by atoms with Crippen LogP contribution in [0, 0.1) is 6.92 Å². The number of benzene rings is 2. The third kappa shape index (κ3) is 13.0. The molecule has 2 amide bonds. The van der Waals surface area contributed by atoms with E-state index in [2.05, 4.69) is 39.9 Å². The monoisotopic (exact) mass is 615 g/mol. The zero-order chi connectivity index (χ0) is 26.8. The Kier molecular flexibility index (Phi) is 16.5. The summed E-state index contributed by atoms with van der Waals surface area (Å²) in [6, 6.07) is 15.3. The number of aryl methyl sites for hydroxylation is 1. The molecule has 1 aromatic heterocycles. The van der Waals surface area contributed by atoms with Gasteiger partial charge < -0.3 is 32.4 Å². The highest BCUT2D eigenvalue weighted by molar-refractivity contribution is 7.07. The first-order chi connectivity index (χ1) is 18.7. The zero-order valence-corrected chi connectivity index (χ0v) is 26.1. The molecule has 0 unspecified atom stereocenters. The Morgan fingerprint density at radius 2 is 1.44 bits per heavy atom. The lowest BCUT2D eigenvalue weighted by Crippen LogP contribution is -3.00. The van der Waals surface area contributed by atoms with Crippen LogP contribution >= 0.6 is 11.3 Å². The lowest BCUT2D eigenvalue weighted by molar-refractivity contribution is -0.689. The van der Waals surface area contributed by atoms with Gasteiger partial charge in [0.1, 0.15) is 5.75 Å². The number of carbonyl (C=O) groups is 1. The Labute approximate surface area is 250 Å². The topological polar surface area (TPSA) is 54.2 Å². The van der Waals surface area contributed by atoms with Gasteiger partial charge in [0.25, 0.3) is 0 Å². The van der Waals surface area contributed by atoms with E-state index in [1.807, 2.05) is 48.5 Å². The smallest absolute Gasteiger partial charge is 0.323 e. The van der Waals surface area contributed by atoms with Gasteiger partial charge in [0.05, 0.1) is 17.7 Å². The molecular formula is C32H46BrN3O2S. The number of nitrogens with zero attached hydrogens (tertiary/aromatic N) is 1. The van der Waals surface area contributed by atoms with Crippen LogP contribution in [0.25, 0.3) is 0 Å². The maximum Gasteiger partial charge on any atom is 0.323 e. The number of hydrogen-bond donors (Lipinski definition) is 2. The quantitative estimate of drug-likeness (QED) is 0.134. The van der Waals surface area contributed by atoms with Gasteiger partial charge in [0, 0.05) is 18.2 Å². The van der Waals surface area contributed by atoms with E-state index < -0.39 is 0 Å². The van der Waals surface area contributed by atoms with Gasteiger partial charge in [0.15, 0.2) is 12.2 Å². The van der Waals surface area contributed by atoms with Crippen LogP contribution < -0.4 is 36.9 Å². The van der Waals surface area contributed by atoms with Gasteiger partial charge in [0.2, 0.25) is 5.51 Å². The molecule has 1 heterocycles.